The number of carbonyl (C=O) groups excluding carboxylic acids is 1. The molecule has 0 atom stereocenters. The van der Waals surface area contributed by atoms with Crippen LogP contribution in [-0.4, -0.2) is 18.1 Å². The minimum absolute atomic E-state index is 0.0726. The van der Waals surface area contributed by atoms with Gasteiger partial charge in [-0.3, -0.25) is 4.79 Å². The number of nitrogens with one attached hydrogen (secondary N) is 1. The summed E-state index contributed by atoms with van der Waals surface area (Å²) < 4.78 is 4.98. The van der Waals surface area contributed by atoms with E-state index >= 15 is 0 Å². The highest BCUT2D eigenvalue weighted by Gasteiger charge is 2.04. The fourth-order valence-electron chi connectivity index (χ4n) is 1.84. The fourth-order valence-corrected chi connectivity index (χ4v) is 1.84. The average molecular weight is 272 g/mol. The van der Waals surface area contributed by atoms with Crippen molar-refractivity contribution in [2.75, 3.05) is 12.4 Å². The number of amides is 1. The molecule has 5 nitrogen and oxygen atoms in total. The molecule has 0 unspecified atom stereocenters. The quantitative estimate of drug-likeness (QED) is 0.778. The number of hydrogen-bond donors (Lipinski definition) is 3. The zero-order valence-corrected chi connectivity index (χ0v) is 11.1. The molecule has 0 spiro atoms. The van der Waals surface area contributed by atoms with Crippen molar-refractivity contribution < 1.29 is 14.6 Å². The van der Waals surface area contributed by atoms with Crippen LogP contribution in [-0.2, 0) is 6.54 Å². The number of primary amides is 1. The van der Waals surface area contributed by atoms with Crippen LogP contribution in [0.4, 0.5) is 5.69 Å². The number of phenols is 1. The van der Waals surface area contributed by atoms with Gasteiger partial charge in [0, 0.05) is 23.9 Å². The van der Waals surface area contributed by atoms with E-state index in [0.29, 0.717) is 17.9 Å². The van der Waals surface area contributed by atoms with Crippen molar-refractivity contribution in [3.8, 4) is 11.5 Å². The highest BCUT2D eigenvalue weighted by molar-refractivity contribution is 5.92. The second-order valence-electron chi connectivity index (χ2n) is 4.30. The van der Waals surface area contributed by atoms with Crippen LogP contribution in [0.1, 0.15) is 15.9 Å². The number of aromatic hydroxyl groups is 1. The van der Waals surface area contributed by atoms with Gasteiger partial charge in [0.15, 0.2) is 11.5 Å². The SMILES string of the molecule is COc1ccc(NCc2cccc(C(N)=O)c2)cc1O. The summed E-state index contributed by atoms with van der Waals surface area (Å²) in [6, 6.07) is 12.1. The maximum absolute atomic E-state index is 11.1. The summed E-state index contributed by atoms with van der Waals surface area (Å²) in [6.45, 7) is 0.521. The molecule has 0 aliphatic rings. The minimum atomic E-state index is -0.450. The largest absolute Gasteiger partial charge is 0.504 e. The lowest BCUT2D eigenvalue weighted by atomic mass is 10.1. The Morgan fingerprint density at radius 3 is 2.75 bits per heavy atom. The summed E-state index contributed by atoms with van der Waals surface area (Å²) in [7, 11) is 1.50. The van der Waals surface area contributed by atoms with E-state index in [1.165, 1.54) is 7.11 Å². The van der Waals surface area contributed by atoms with Gasteiger partial charge in [0.2, 0.25) is 5.91 Å². The zero-order chi connectivity index (χ0) is 14.5. The standard InChI is InChI=1S/C15H16N2O3/c1-20-14-6-5-12(8-13(14)18)17-9-10-3-2-4-11(7-10)15(16)19/h2-8,17-18H,9H2,1H3,(H2,16,19). The Kier molecular flexibility index (Phi) is 4.10. The molecule has 20 heavy (non-hydrogen) atoms. The number of rotatable bonds is 5. The van der Waals surface area contributed by atoms with Crippen molar-refractivity contribution in [3.63, 3.8) is 0 Å². The van der Waals surface area contributed by atoms with Gasteiger partial charge in [-0.25, -0.2) is 0 Å². The van der Waals surface area contributed by atoms with Gasteiger partial charge in [0.05, 0.1) is 7.11 Å². The van der Waals surface area contributed by atoms with E-state index in [1.54, 1.807) is 36.4 Å². The Hall–Kier alpha value is -2.69. The molecule has 0 bridgehead atoms. The van der Waals surface area contributed by atoms with E-state index < -0.39 is 5.91 Å². The molecule has 104 valence electrons. The van der Waals surface area contributed by atoms with Crippen molar-refractivity contribution >= 4 is 11.6 Å². The van der Waals surface area contributed by atoms with E-state index in [2.05, 4.69) is 5.32 Å². The van der Waals surface area contributed by atoms with Gasteiger partial charge >= 0.3 is 0 Å². The number of anilines is 1. The van der Waals surface area contributed by atoms with Crippen molar-refractivity contribution in [2.45, 2.75) is 6.54 Å². The van der Waals surface area contributed by atoms with Crippen LogP contribution in [0, 0.1) is 0 Å². The van der Waals surface area contributed by atoms with Gasteiger partial charge in [-0.15, -0.1) is 0 Å². The average Bonchev–Trinajstić information content (AvgIpc) is 2.45. The molecular weight excluding hydrogens is 256 g/mol. The molecule has 2 aromatic rings. The summed E-state index contributed by atoms with van der Waals surface area (Å²) in [5, 5.41) is 12.8. The molecule has 0 radical (unpaired) electrons. The van der Waals surface area contributed by atoms with Crippen LogP contribution in [0.25, 0.3) is 0 Å². The van der Waals surface area contributed by atoms with Crippen LogP contribution in [0.3, 0.4) is 0 Å². The van der Waals surface area contributed by atoms with Gasteiger partial charge in [-0.05, 0) is 29.8 Å². The molecule has 0 heterocycles. The molecule has 0 saturated heterocycles. The molecule has 4 N–H and O–H groups in total. The highest BCUT2D eigenvalue weighted by atomic mass is 16.5. The Bertz CT molecular complexity index is 626. The lowest BCUT2D eigenvalue weighted by Crippen LogP contribution is -2.11. The van der Waals surface area contributed by atoms with Crippen LogP contribution < -0.4 is 15.8 Å². The zero-order valence-electron chi connectivity index (χ0n) is 11.1. The number of hydrogen-bond acceptors (Lipinski definition) is 4. The number of nitrogens with two attached hydrogens (primary N) is 1. The predicted molar refractivity (Wildman–Crippen MR) is 76.9 cm³/mol. The second kappa shape index (κ2) is 5.97. The lowest BCUT2D eigenvalue weighted by Gasteiger charge is -2.09. The van der Waals surface area contributed by atoms with Crippen LogP contribution in [0.2, 0.25) is 0 Å². The Balaban J connectivity index is 2.07. The summed E-state index contributed by atoms with van der Waals surface area (Å²) >= 11 is 0. The molecule has 0 saturated carbocycles. The third-order valence-corrected chi connectivity index (χ3v) is 2.89. The first kappa shape index (κ1) is 13.7. The van der Waals surface area contributed by atoms with E-state index in [9.17, 15) is 9.90 Å². The molecule has 0 aliphatic heterocycles. The molecule has 0 aliphatic carbocycles. The topological polar surface area (TPSA) is 84.6 Å². The van der Waals surface area contributed by atoms with E-state index in [4.69, 9.17) is 10.5 Å². The molecule has 2 rings (SSSR count). The molecule has 0 fully saturated rings. The van der Waals surface area contributed by atoms with Gasteiger partial charge in [0.1, 0.15) is 0 Å². The van der Waals surface area contributed by atoms with Crippen LogP contribution in [0.5, 0.6) is 11.5 Å². The summed E-state index contributed by atoms with van der Waals surface area (Å²) in [5.74, 6) is 0.0450. The number of methoxy groups -OCH3 is 1. The minimum Gasteiger partial charge on any atom is -0.504 e. The predicted octanol–water partition coefficient (Wildman–Crippen LogP) is 2.11. The number of ether oxygens (including phenoxy) is 1. The molecule has 5 heteroatoms. The summed E-state index contributed by atoms with van der Waals surface area (Å²) in [4.78, 5) is 11.1. The molecule has 1 amide bonds. The fraction of sp³-hybridized carbons (Fsp3) is 0.133. The van der Waals surface area contributed by atoms with Crippen LogP contribution >= 0.6 is 0 Å². The first-order valence-electron chi connectivity index (χ1n) is 6.10. The van der Waals surface area contributed by atoms with Gasteiger partial charge in [-0.2, -0.15) is 0 Å². The van der Waals surface area contributed by atoms with E-state index in [-0.39, 0.29) is 5.75 Å². The van der Waals surface area contributed by atoms with Crippen LogP contribution in [0.15, 0.2) is 42.5 Å². The summed E-state index contributed by atoms with van der Waals surface area (Å²) in [6.07, 6.45) is 0. The van der Waals surface area contributed by atoms with Gasteiger partial charge in [0.25, 0.3) is 0 Å². The summed E-state index contributed by atoms with van der Waals surface area (Å²) in [5.41, 5.74) is 7.39. The third kappa shape index (κ3) is 3.20. The number of phenolic OH excluding ortho intramolecular Hbond substituents is 1. The Labute approximate surface area is 117 Å². The highest BCUT2D eigenvalue weighted by Crippen LogP contribution is 2.28. The molecule has 0 aromatic heterocycles. The number of benzene rings is 2. The van der Waals surface area contributed by atoms with Gasteiger partial charge < -0.3 is 20.9 Å². The van der Waals surface area contributed by atoms with Gasteiger partial charge in [-0.1, -0.05) is 12.1 Å². The lowest BCUT2D eigenvalue weighted by molar-refractivity contribution is 0.1000. The van der Waals surface area contributed by atoms with E-state index in [0.717, 1.165) is 11.3 Å². The first-order valence-corrected chi connectivity index (χ1v) is 6.10. The van der Waals surface area contributed by atoms with Crippen molar-refractivity contribution in [3.05, 3.63) is 53.6 Å². The maximum atomic E-state index is 11.1. The van der Waals surface area contributed by atoms with Crippen molar-refractivity contribution in [1.82, 2.24) is 0 Å². The maximum Gasteiger partial charge on any atom is 0.248 e. The molecule has 2 aromatic carbocycles. The third-order valence-electron chi connectivity index (χ3n) is 2.89. The normalized spacial score (nSPS) is 10.1. The Morgan fingerprint density at radius 1 is 1.30 bits per heavy atom. The molecular formula is C15H16N2O3. The van der Waals surface area contributed by atoms with Crippen molar-refractivity contribution in [1.29, 1.82) is 0 Å². The van der Waals surface area contributed by atoms with Crippen molar-refractivity contribution in [2.24, 2.45) is 5.73 Å². The number of carbonyl (C=O) groups is 1. The Morgan fingerprint density at radius 2 is 2.10 bits per heavy atom. The first-order chi connectivity index (χ1) is 9.60. The smallest absolute Gasteiger partial charge is 0.248 e. The monoisotopic (exact) mass is 272 g/mol. The second-order valence-corrected chi connectivity index (χ2v) is 4.30. The van der Waals surface area contributed by atoms with E-state index in [1.807, 2.05) is 6.07 Å².